The molecule has 4 nitrogen and oxygen atoms in total. The SMILES string of the molecule is CCCCC[C@H](O)C=C[C@H]1C=CC(=O)[C@H]1CCCCCCC(=O)O. The molecule has 0 aromatic rings. The van der Waals surface area contributed by atoms with Crippen molar-refractivity contribution < 1.29 is 19.8 Å². The van der Waals surface area contributed by atoms with Gasteiger partial charge in [-0.1, -0.05) is 63.7 Å². The Kier molecular flexibility index (Phi) is 10.3. The molecule has 0 heterocycles. The molecular weight excluding hydrogens is 304 g/mol. The van der Waals surface area contributed by atoms with Gasteiger partial charge in [0.05, 0.1) is 6.10 Å². The Morgan fingerprint density at radius 1 is 1.21 bits per heavy atom. The predicted octanol–water partition coefficient (Wildman–Crippen LogP) is 4.28. The zero-order chi connectivity index (χ0) is 17.8. The summed E-state index contributed by atoms with van der Waals surface area (Å²) in [4.78, 5) is 22.4. The molecular formula is C20H32O4. The van der Waals surface area contributed by atoms with Crippen LogP contribution in [-0.4, -0.2) is 28.1 Å². The number of rotatable bonds is 13. The molecule has 4 heteroatoms. The molecule has 0 aromatic heterocycles. The minimum absolute atomic E-state index is 0.0106. The van der Waals surface area contributed by atoms with Crippen molar-refractivity contribution in [2.45, 2.75) is 77.2 Å². The van der Waals surface area contributed by atoms with Crippen LogP contribution in [0.3, 0.4) is 0 Å². The van der Waals surface area contributed by atoms with Crippen molar-refractivity contribution in [2.24, 2.45) is 11.8 Å². The Labute approximate surface area is 145 Å². The minimum Gasteiger partial charge on any atom is -0.481 e. The highest BCUT2D eigenvalue weighted by Gasteiger charge is 2.27. The number of hydrogen-bond acceptors (Lipinski definition) is 3. The normalized spacial score (nSPS) is 21.7. The lowest BCUT2D eigenvalue weighted by atomic mass is 9.88. The van der Waals surface area contributed by atoms with Crippen LogP contribution in [0.15, 0.2) is 24.3 Å². The molecule has 0 bridgehead atoms. The van der Waals surface area contributed by atoms with Gasteiger partial charge in [-0.15, -0.1) is 0 Å². The lowest BCUT2D eigenvalue weighted by molar-refractivity contribution is -0.137. The van der Waals surface area contributed by atoms with Gasteiger partial charge in [0, 0.05) is 18.3 Å². The van der Waals surface area contributed by atoms with E-state index >= 15 is 0 Å². The third-order valence-electron chi connectivity index (χ3n) is 4.63. The van der Waals surface area contributed by atoms with Gasteiger partial charge in [-0.25, -0.2) is 0 Å². The molecule has 1 rings (SSSR count). The first-order chi connectivity index (χ1) is 11.5. The van der Waals surface area contributed by atoms with Gasteiger partial charge in [0.1, 0.15) is 0 Å². The van der Waals surface area contributed by atoms with Crippen LogP contribution in [0.25, 0.3) is 0 Å². The second-order valence-electron chi connectivity index (χ2n) is 6.74. The van der Waals surface area contributed by atoms with E-state index in [-0.39, 0.29) is 24.0 Å². The Morgan fingerprint density at radius 3 is 2.67 bits per heavy atom. The molecule has 0 saturated carbocycles. The summed E-state index contributed by atoms with van der Waals surface area (Å²) in [6, 6.07) is 0. The minimum atomic E-state index is -0.743. The summed E-state index contributed by atoms with van der Waals surface area (Å²) < 4.78 is 0. The third kappa shape index (κ3) is 8.44. The Hall–Kier alpha value is -1.42. The van der Waals surface area contributed by atoms with Crippen molar-refractivity contribution >= 4 is 11.8 Å². The molecule has 1 aliphatic carbocycles. The van der Waals surface area contributed by atoms with Crippen LogP contribution < -0.4 is 0 Å². The number of aliphatic hydroxyl groups is 1. The zero-order valence-electron chi connectivity index (χ0n) is 14.8. The molecule has 0 unspecified atom stereocenters. The summed E-state index contributed by atoms with van der Waals surface area (Å²) >= 11 is 0. The second-order valence-corrected chi connectivity index (χ2v) is 6.74. The second kappa shape index (κ2) is 12.0. The average molecular weight is 336 g/mol. The molecule has 0 fully saturated rings. The summed E-state index contributed by atoms with van der Waals surface area (Å²) in [7, 11) is 0. The molecule has 1 aliphatic rings. The first-order valence-electron chi connectivity index (χ1n) is 9.34. The molecule has 0 spiro atoms. The van der Waals surface area contributed by atoms with E-state index in [2.05, 4.69) is 6.92 Å². The summed E-state index contributed by atoms with van der Waals surface area (Å²) in [6.45, 7) is 2.14. The van der Waals surface area contributed by atoms with E-state index in [9.17, 15) is 14.7 Å². The lowest BCUT2D eigenvalue weighted by Crippen LogP contribution is -2.15. The Balaban J connectivity index is 2.29. The van der Waals surface area contributed by atoms with Crippen molar-refractivity contribution in [3.8, 4) is 0 Å². The van der Waals surface area contributed by atoms with Gasteiger partial charge >= 0.3 is 5.97 Å². The smallest absolute Gasteiger partial charge is 0.303 e. The van der Waals surface area contributed by atoms with Crippen LogP contribution >= 0.6 is 0 Å². The lowest BCUT2D eigenvalue weighted by Gasteiger charge is -2.15. The fourth-order valence-corrected chi connectivity index (χ4v) is 3.14. The predicted molar refractivity (Wildman–Crippen MR) is 95.8 cm³/mol. The maximum Gasteiger partial charge on any atom is 0.303 e. The Morgan fingerprint density at radius 2 is 1.96 bits per heavy atom. The number of carbonyl (C=O) groups is 2. The zero-order valence-corrected chi connectivity index (χ0v) is 14.8. The molecule has 0 amide bonds. The van der Waals surface area contributed by atoms with Crippen molar-refractivity contribution in [1.82, 2.24) is 0 Å². The highest BCUT2D eigenvalue weighted by atomic mass is 16.4. The fraction of sp³-hybridized carbons (Fsp3) is 0.700. The number of aliphatic hydroxyl groups excluding tert-OH is 1. The largest absolute Gasteiger partial charge is 0.481 e. The highest BCUT2D eigenvalue weighted by molar-refractivity contribution is 5.94. The average Bonchev–Trinajstić information content (AvgIpc) is 2.89. The summed E-state index contributed by atoms with van der Waals surface area (Å²) in [5, 5.41) is 18.6. The van der Waals surface area contributed by atoms with Crippen molar-refractivity contribution in [1.29, 1.82) is 0 Å². The number of ketones is 1. The summed E-state index contributed by atoms with van der Waals surface area (Å²) in [6.07, 6.45) is 15.7. The molecule has 24 heavy (non-hydrogen) atoms. The molecule has 2 N–H and O–H groups in total. The van der Waals surface area contributed by atoms with E-state index in [0.717, 1.165) is 51.4 Å². The summed E-state index contributed by atoms with van der Waals surface area (Å²) in [5.74, 6) is -0.482. The number of carboxylic acids is 1. The number of unbranched alkanes of at least 4 members (excludes halogenated alkanes) is 5. The topological polar surface area (TPSA) is 74.6 Å². The van der Waals surface area contributed by atoms with Crippen LogP contribution in [0.1, 0.15) is 71.1 Å². The van der Waals surface area contributed by atoms with Crippen LogP contribution in [0.4, 0.5) is 0 Å². The maximum absolute atomic E-state index is 12.0. The van der Waals surface area contributed by atoms with Crippen LogP contribution in [0.2, 0.25) is 0 Å². The molecule has 0 saturated heterocycles. The van der Waals surface area contributed by atoms with Gasteiger partial charge in [-0.05, 0) is 25.3 Å². The van der Waals surface area contributed by atoms with Gasteiger partial charge in [-0.3, -0.25) is 9.59 Å². The maximum atomic E-state index is 12.0. The van der Waals surface area contributed by atoms with Gasteiger partial charge in [-0.2, -0.15) is 0 Å². The molecule has 0 aliphatic heterocycles. The van der Waals surface area contributed by atoms with E-state index in [1.807, 2.05) is 18.2 Å². The molecule has 3 atom stereocenters. The summed E-state index contributed by atoms with van der Waals surface area (Å²) in [5.41, 5.74) is 0. The van der Waals surface area contributed by atoms with E-state index in [0.29, 0.717) is 6.42 Å². The number of carboxylic acid groups (broad SMARTS) is 1. The van der Waals surface area contributed by atoms with Crippen LogP contribution in [0, 0.1) is 11.8 Å². The van der Waals surface area contributed by atoms with Crippen molar-refractivity contribution in [3.05, 3.63) is 24.3 Å². The van der Waals surface area contributed by atoms with Gasteiger partial charge < -0.3 is 10.2 Å². The van der Waals surface area contributed by atoms with Crippen molar-refractivity contribution in [2.75, 3.05) is 0 Å². The van der Waals surface area contributed by atoms with Gasteiger partial charge in [0.25, 0.3) is 0 Å². The quantitative estimate of drug-likeness (QED) is 0.389. The standard InChI is InChI=1S/C20H32O4/c1-2-3-6-9-17(21)14-12-16-13-15-19(22)18(16)10-7-4-5-8-11-20(23)24/h12-18,21H,2-11H2,1H3,(H,23,24)/t16-,17-,18-/m0/s1. The van der Waals surface area contributed by atoms with E-state index in [1.165, 1.54) is 0 Å². The Bertz CT molecular complexity index is 439. The number of aliphatic carboxylic acids is 1. The monoisotopic (exact) mass is 336 g/mol. The number of carbonyl (C=O) groups excluding carboxylic acids is 1. The molecule has 0 aromatic carbocycles. The third-order valence-corrected chi connectivity index (χ3v) is 4.63. The van der Waals surface area contributed by atoms with Crippen LogP contribution in [0.5, 0.6) is 0 Å². The van der Waals surface area contributed by atoms with Gasteiger partial charge in [0.2, 0.25) is 0 Å². The molecule has 136 valence electrons. The van der Waals surface area contributed by atoms with Crippen LogP contribution in [-0.2, 0) is 9.59 Å². The van der Waals surface area contributed by atoms with E-state index < -0.39 is 12.1 Å². The van der Waals surface area contributed by atoms with E-state index in [1.54, 1.807) is 6.08 Å². The number of hydrogen-bond donors (Lipinski definition) is 2. The first kappa shape index (κ1) is 20.6. The van der Waals surface area contributed by atoms with E-state index in [4.69, 9.17) is 5.11 Å². The molecule has 0 radical (unpaired) electrons. The van der Waals surface area contributed by atoms with Crippen molar-refractivity contribution in [3.63, 3.8) is 0 Å². The number of allylic oxidation sites excluding steroid dienone is 3. The van der Waals surface area contributed by atoms with Gasteiger partial charge in [0.15, 0.2) is 5.78 Å². The first-order valence-corrected chi connectivity index (χ1v) is 9.34. The fourth-order valence-electron chi connectivity index (χ4n) is 3.14. The highest BCUT2D eigenvalue weighted by Crippen LogP contribution is 2.29.